The maximum Gasteiger partial charge on any atom is 0.161 e. The molecule has 674 valence electrons. The lowest BCUT2D eigenvalue weighted by Gasteiger charge is -2.30. The molecule has 33 rings (SSSR count). The summed E-state index contributed by atoms with van der Waals surface area (Å²) in [5.41, 5.74) is 48.0. The van der Waals surface area contributed by atoms with E-state index in [-0.39, 0.29) is 0 Å². The zero-order valence-electron chi connectivity index (χ0n) is 78.6. The Kier molecular flexibility index (Phi) is 17.2. The zero-order valence-corrected chi connectivity index (χ0v) is 78.6. The van der Waals surface area contributed by atoms with Gasteiger partial charge in [-0.15, -0.1) is 0 Å². The lowest BCUT2D eigenvalue weighted by atomic mass is 9.70. The SMILES string of the molecule is CCn1c(-c2ccc(-c3cccc4c3-c3ccccc3C43c4ccccc4-c4c3ccc3c4oc4ccccc43)cc2)nc2ccccc21.c1ccc(-c2nc(-c3ccc4c(c3)C3(c5ccccc5-4)c4ccccc4-c4c3ccc3c4oc4ccccc43)nc3ccccc23)cc1.c1ccc(-c2nc(-c3cccc4c3-c3ccccc3C43c4ccccc4-c4c3ccc3c4oc4ccccc43)nc3ccccc23)cc1. The van der Waals surface area contributed by atoms with Gasteiger partial charge in [-0.2, -0.15) is 0 Å². The van der Waals surface area contributed by atoms with Crippen LogP contribution >= 0.6 is 0 Å². The summed E-state index contributed by atoms with van der Waals surface area (Å²) < 4.78 is 22.4. The van der Waals surface area contributed by atoms with E-state index in [1.54, 1.807) is 0 Å². The molecule has 3 atom stereocenters. The Morgan fingerprint density at radius 3 is 0.993 bits per heavy atom. The second kappa shape index (κ2) is 30.8. The number of para-hydroxylation sites is 7. The largest absolute Gasteiger partial charge is 0.455 e. The van der Waals surface area contributed by atoms with Crippen molar-refractivity contribution in [1.82, 2.24) is 29.5 Å². The van der Waals surface area contributed by atoms with Gasteiger partial charge in [0.2, 0.25) is 0 Å². The molecule has 0 saturated carbocycles. The predicted molar refractivity (Wildman–Crippen MR) is 588 cm³/mol. The molecule has 0 bridgehead atoms. The highest BCUT2D eigenvalue weighted by atomic mass is 16.3. The summed E-state index contributed by atoms with van der Waals surface area (Å²) in [7, 11) is 0. The van der Waals surface area contributed by atoms with Crippen LogP contribution in [0.2, 0.25) is 0 Å². The molecule has 6 aliphatic carbocycles. The molecule has 21 aromatic carbocycles. The summed E-state index contributed by atoms with van der Waals surface area (Å²) in [6, 6.07) is 168. The smallest absolute Gasteiger partial charge is 0.161 e. The van der Waals surface area contributed by atoms with Crippen LogP contribution in [-0.2, 0) is 22.8 Å². The first-order valence-electron chi connectivity index (χ1n) is 50.0. The highest BCUT2D eigenvalue weighted by molar-refractivity contribution is 6.18. The molecule has 6 aliphatic rings. The second-order valence-corrected chi connectivity index (χ2v) is 38.9. The molecule has 3 unspecified atom stereocenters. The number of nitrogens with zero attached hydrogens (tertiary/aromatic N) is 6. The highest BCUT2D eigenvalue weighted by Gasteiger charge is 2.57. The quantitative estimate of drug-likeness (QED) is 0.155. The van der Waals surface area contributed by atoms with E-state index in [9.17, 15) is 0 Å². The van der Waals surface area contributed by atoms with E-state index in [4.69, 9.17) is 38.2 Å². The van der Waals surface area contributed by atoms with Crippen LogP contribution in [0.4, 0.5) is 0 Å². The van der Waals surface area contributed by atoms with Gasteiger partial charge in [0.25, 0.3) is 0 Å². The maximum atomic E-state index is 6.70. The van der Waals surface area contributed by atoms with Crippen molar-refractivity contribution in [3.8, 4) is 135 Å². The molecule has 0 fully saturated rings. The Hall–Kier alpha value is -18.8. The fourth-order valence-electron chi connectivity index (χ4n) is 26.3. The van der Waals surface area contributed by atoms with Crippen LogP contribution in [-0.4, -0.2) is 29.5 Å². The number of aromatic nitrogens is 6. The van der Waals surface area contributed by atoms with E-state index in [1.165, 1.54) is 150 Å². The molecule has 3 spiro atoms. The van der Waals surface area contributed by atoms with Crippen LogP contribution in [0, 0.1) is 0 Å². The van der Waals surface area contributed by atoms with Gasteiger partial charge in [-0.25, -0.2) is 24.9 Å². The average molecular weight is 1850 g/mol. The molecular weight excluding hydrogens is 1770 g/mol. The summed E-state index contributed by atoms with van der Waals surface area (Å²) in [5, 5.41) is 9.00. The van der Waals surface area contributed by atoms with E-state index >= 15 is 0 Å². The number of rotatable bonds is 7. The van der Waals surface area contributed by atoms with Crippen LogP contribution in [0.25, 0.3) is 233 Å². The number of benzene rings is 21. The lowest BCUT2D eigenvalue weighted by molar-refractivity contribution is 0.668. The van der Waals surface area contributed by atoms with Crippen LogP contribution in [0.15, 0.2) is 480 Å². The number of fused-ring (bicyclic) bond motifs is 45. The predicted octanol–water partition coefficient (Wildman–Crippen LogP) is 34.0. The Balaban J connectivity index is 0.0000000990. The van der Waals surface area contributed by atoms with E-state index in [2.05, 4.69) is 448 Å². The second-order valence-electron chi connectivity index (χ2n) is 38.9. The van der Waals surface area contributed by atoms with Gasteiger partial charge in [0.15, 0.2) is 11.6 Å². The molecule has 145 heavy (non-hydrogen) atoms. The fourth-order valence-corrected chi connectivity index (χ4v) is 26.3. The Labute approximate surface area is 833 Å². The van der Waals surface area contributed by atoms with Gasteiger partial charge in [-0.1, -0.05) is 419 Å². The van der Waals surface area contributed by atoms with Crippen molar-refractivity contribution in [2.45, 2.75) is 29.7 Å². The number of aryl methyl sites for hydroxylation is 1. The first kappa shape index (κ1) is 81.1. The van der Waals surface area contributed by atoms with Gasteiger partial charge >= 0.3 is 0 Å². The molecule has 27 aromatic rings. The van der Waals surface area contributed by atoms with E-state index in [0.29, 0.717) is 0 Å². The third-order valence-electron chi connectivity index (χ3n) is 32.1. The Bertz CT molecular complexity index is 10100. The summed E-state index contributed by atoms with van der Waals surface area (Å²) in [6.45, 7) is 3.05. The zero-order chi connectivity index (χ0) is 95.1. The number of hydrogen-bond acceptors (Lipinski definition) is 8. The third-order valence-corrected chi connectivity index (χ3v) is 32.1. The number of hydrogen-bond donors (Lipinski definition) is 0. The van der Waals surface area contributed by atoms with Gasteiger partial charge in [-0.3, -0.25) is 0 Å². The Morgan fingerprint density at radius 2 is 0.524 bits per heavy atom. The minimum Gasteiger partial charge on any atom is -0.455 e. The van der Waals surface area contributed by atoms with Crippen LogP contribution in [0.3, 0.4) is 0 Å². The van der Waals surface area contributed by atoms with Gasteiger partial charge in [0.1, 0.15) is 39.3 Å². The van der Waals surface area contributed by atoms with Crippen molar-refractivity contribution in [1.29, 1.82) is 0 Å². The molecule has 0 saturated heterocycles. The van der Waals surface area contributed by atoms with Crippen molar-refractivity contribution in [3.05, 3.63) is 534 Å². The van der Waals surface area contributed by atoms with Gasteiger partial charge in [-0.05, 0) is 183 Å². The van der Waals surface area contributed by atoms with Crippen molar-refractivity contribution < 1.29 is 13.3 Å². The van der Waals surface area contributed by atoms with Gasteiger partial charge in [0.05, 0.1) is 49.7 Å². The first-order valence-corrected chi connectivity index (χ1v) is 50.0. The van der Waals surface area contributed by atoms with Crippen molar-refractivity contribution in [2.24, 2.45) is 0 Å². The van der Waals surface area contributed by atoms with Crippen LogP contribution in [0.5, 0.6) is 0 Å². The van der Waals surface area contributed by atoms with Crippen molar-refractivity contribution >= 4 is 98.7 Å². The topological polar surface area (TPSA) is 109 Å². The van der Waals surface area contributed by atoms with E-state index in [1.807, 2.05) is 30.3 Å². The minimum absolute atomic E-state index is 0.451. The molecule has 6 heterocycles. The summed E-state index contributed by atoms with van der Waals surface area (Å²) in [6.07, 6.45) is 0. The van der Waals surface area contributed by atoms with E-state index in [0.717, 1.165) is 156 Å². The Morgan fingerprint density at radius 1 is 0.200 bits per heavy atom. The van der Waals surface area contributed by atoms with Crippen molar-refractivity contribution in [3.63, 3.8) is 0 Å². The van der Waals surface area contributed by atoms with Crippen LogP contribution in [0.1, 0.15) is 73.7 Å². The fraction of sp³-hybridized carbons (Fsp3) is 0.0368. The standard InChI is InChI=1S/C46H30N2O.2C45H26N2O/c1-2-48-40-20-9-8-19-39(40)47-45(48)29-24-22-28(23-25-29)30-15-11-18-37-42(30)33-13-3-6-16-35(33)46(37)36-17-7-4-14-34(36)43-38(46)27-26-32-31-12-5-10-21-41(31)49-44(32)43;1-2-13-27(14-3-1)42-32-18-6-10-23-38(32)46-44(47-42)33-19-12-22-36-40(33)30-16-4-8-20-34(30)45(36)35-21-9-5-17-31(35)41-37(45)26-25-29-28-15-7-11-24-39(28)48-43(29)41;1-2-12-27(13-3-1)42-34-17-6-10-20-39(34)46-44(47-42)28-22-23-30-29-14-4-8-18-35(29)45(38(30)26-28)36-19-9-5-16-33(36)41-37(45)25-24-32-31-15-7-11-21-40(31)48-43(32)41/h3-27H,2H2,1H3;2*1-26H. The third kappa shape index (κ3) is 11.1. The minimum atomic E-state index is -0.514. The summed E-state index contributed by atoms with van der Waals surface area (Å²) >= 11 is 0. The maximum absolute atomic E-state index is 6.70. The molecule has 0 amide bonds. The summed E-state index contributed by atoms with van der Waals surface area (Å²) in [5.74, 6) is 2.46. The molecule has 0 radical (unpaired) electrons. The first-order chi connectivity index (χ1) is 71.9. The molecule has 9 heteroatoms. The number of imidazole rings is 1. The molecule has 0 N–H and O–H groups in total. The van der Waals surface area contributed by atoms with Gasteiger partial charge in [0, 0.05) is 94.1 Å². The highest BCUT2D eigenvalue weighted by Crippen LogP contribution is 2.70. The summed E-state index contributed by atoms with van der Waals surface area (Å²) in [4.78, 5) is 26.0. The molecule has 6 aromatic heterocycles. The molecular formula is C136H82N6O3. The average Bonchev–Trinajstić information content (AvgIpc) is 1.51. The lowest BCUT2D eigenvalue weighted by Crippen LogP contribution is -2.25. The van der Waals surface area contributed by atoms with Crippen molar-refractivity contribution in [2.75, 3.05) is 0 Å². The van der Waals surface area contributed by atoms with Crippen LogP contribution < -0.4 is 0 Å². The monoisotopic (exact) mass is 1850 g/mol. The normalized spacial score (nSPS) is 15.6. The van der Waals surface area contributed by atoms with Gasteiger partial charge < -0.3 is 17.8 Å². The molecule has 9 nitrogen and oxygen atoms in total. The number of furan rings is 3. The van der Waals surface area contributed by atoms with E-state index < -0.39 is 16.2 Å². The molecule has 0 aliphatic heterocycles.